The van der Waals surface area contributed by atoms with Crippen molar-refractivity contribution in [3.8, 4) is 0 Å². The molecule has 0 N–H and O–H groups in total. The second kappa shape index (κ2) is 6.21. The number of aromatic nitrogens is 3. The zero-order chi connectivity index (χ0) is 15.8. The zero-order valence-electron chi connectivity index (χ0n) is 13.7. The van der Waals surface area contributed by atoms with Gasteiger partial charge in [-0.25, -0.2) is 4.68 Å². The number of likely N-dealkylation sites (tertiary alicyclic amines) is 1. The molecule has 122 valence electrons. The molecule has 4 nitrogen and oxygen atoms in total. The Morgan fingerprint density at radius 2 is 1.96 bits per heavy atom. The van der Waals surface area contributed by atoms with E-state index in [2.05, 4.69) is 46.8 Å². The highest BCUT2D eigenvalue weighted by Crippen LogP contribution is 2.38. The van der Waals surface area contributed by atoms with E-state index in [1.165, 1.54) is 37.1 Å². The Kier molecular flexibility index (Phi) is 4.07. The molecule has 1 unspecified atom stereocenters. The van der Waals surface area contributed by atoms with Crippen molar-refractivity contribution in [2.75, 3.05) is 6.54 Å². The van der Waals surface area contributed by atoms with E-state index in [0.717, 1.165) is 24.4 Å². The Labute approximate surface area is 142 Å². The Morgan fingerprint density at radius 3 is 2.70 bits per heavy atom. The lowest BCUT2D eigenvalue weighted by Gasteiger charge is -2.24. The molecule has 1 aliphatic carbocycles. The van der Waals surface area contributed by atoms with E-state index in [4.69, 9.17) is 17.3 Å². The molecule has 5 heteroatoms. The predicted molar refractivity (Wildman–Crippen MR) is 93.9 cm³/mol. The molecule has 1 saturated carbocycles. The minimum Gasteiger partial charge on any atom is -0.307 e. The molecule has 1 atom stereocenters. The van der Waals surface area contributed by atoms with E-state index in [0.29, 0.717) is 12.0 Å². The first kappa shape index (κ1) is 15.1. The van der Waals surface area contributed by atoms with Crippen molar-refractivity contribution in [3.63, 3.8) is 0 Å². The molecular weight excluding hydrogens is 304 g/mol. The highest BCUT2D eigenvalue weighted by molar-refractivity contribution is 7.71. The van der Waals surface area contributed by atoms with Crippen LogP contribution in [-0.2, 0) is 20.1 Å². The molecule has 1 aliphatic heterocycles. The van der Waals surface area contributed by atoms with Gasteiger partial charge in [0.2, 0.25) is 0 Å². The van der Waals surface area contributed by atoms with Crippen LogP contribution in [0.4, 0.5) is 0 Å². The van der Waals surface area contributed by atoms with Gasteiger partial charge in [-0.2, -0.15) is 5.10 Å². The van der Waals surface area contributed by atoms with Crippen molar-refractivity contribution in [2.45, 2.75) is 50.7 Å². The van der Waals surface area contributed by atoms with Crippen LogP contribution in [0.5, 0.6) is 0 Å². The van der Waals surface area contributed by atoms with Crippen LogP contribution < -0.4 is 0 Å². The van der Waals surface area contributed by atoms with Gasteiger partial charge in [0.1, 0.15) is 5.82 Å². The maximum absolute atomic E-state index is 5.60. The number of hydrogen-bond acceptors (Lipinski definition) is 3. The summed E-state index contributed by atoms with van der Waals surface area (Å²) in [7, 11) is 2.06. The van der Waals surface area contributed by atoms with Crippen molar-refractivity contribution in [1.29, 1.82) is 0 Å². The van der Waals surface area contributed by atoms with Gasteiger partial charge >= 0.3 is 0 Å². The second-order valence-electron chi connectivity index (χ2n) is 6.91. The Bertz CT molecular complexity index is 729. The highest BCUT2D eigenvalue weighted by Gasteiger charge is 2.30. The first-order chi connectivity index (χ1) is 11.2. The van der Waals surface area contributed by atoms with Crippen LogP contribution in [0.15, 0.2) is 30.3 Å². The van der Waals surface area contributed by atoms with E-state index < -0.39 is 0 Å². The second-order valence-corrected chi connectivity index (χ2v) is 7.28. The minimum atomic E-state index is 0.602. The van der Waals surface area contributed by atoms with Gasteiger partial charge < -0.3 is 4.57 Å². The largest absolute Gasteiger partial charge is 0.307 e. The SMILES string of the molecule is Cn1c(C2CC2)nn(CN2CCCC2Cc2ccccc2)c1=S. The quantitative estimate of drug-likeness (QED) is 0.786. The van der Waals surface area contributed by atoms with Crippen molar-refractivity contribution < 1.29 is 0 Å². The van der Waals surface area contributed by atoms with E-state index >= 15 is 0 Å². The van der Waals surface area contributed by atoms with Crippen LogP contribution in [-0.4, -0.2) is 31.8 Å². The molecule has 4 rings (SSSR count). The average Bonchev–Trinajstić information content (AvgIpc) is 3.26. The normalized spacial score (nSPS) is 21.9. The standard InChI is InChI=1S/C18H24N4S/c1-20-17(15-9-10-15)19-22(18(20)23)13-21-11-5-8-16(21)12-14-6-3-2-4-7-14/h2-4,6-7,15-16H,5,8-13H2,1H3. The summed E-state index contributed by atoms with van der Waals surface area (Å²) in [6.07, 6.45) is 6.19. The fourth-order valence-electron chi connectivity index (χ4n) is 3.66. The maximum Gasteiger partial charge on any atom is 0.198 e. The number of benzene rings is 1. The highest BCUT2D eigenvalue weighted by atomic mass is 32.1. The molecule has 1 aromatic heterocycles. The van der Waals surface area contributed by atoms with Gasteiger partial charge in [0.15, 0.2) is 4.77 Å². The molecule has 0 amide bonds. The topological polar surface area (TPSA) is 26.0 Å². The molecule has 1 aromatic carbocycles. The lowest BCUT2D eigenvalue weighted by Crippen LogP contribution is -2.33. The fourth-order valence-corrected chi connectivity index (χ4v) is 3.86. The van der Waals surface area contributed by atoms with Crippen molar-refractivity contribution in [1.82, 2.24) is 19.2 Å². The summed E-state index contributed by atoms with van der Waals surface area (Å²) in [6, 6.07) is 11.4. The monoisotopic (exact) mass is 328 g/mol. The molecule has 2 aromatic rings. The summed E-state index contributed by atoms with van der Waals surface area (Å²) in [5.74, 6) is 1.82. The molecule has 2 fully saturated rings. The van der Waals surface area contributed by atoms with E-state index in [9.17, 15) is 0 Å². The smallest absolute Gasteiger partial charge is 0.198 e. The van der Waals surface area contributed by atoms with E-state index in [-0.39, 0.29) is 0 Å². The third-order valence-electron chi connectivity index (χ3n) is 5.15. The number of rotatable bonds is 5. The Balaban J connectivity index is 1.49. The van der Waals surface area contributed by atoms with Crippen molar-refractivity contribution in [3.05, 3.63) is 46.5 Å². The van der Waals surface area contributed by atoms with E-state index in [1.54, 1.807) is 0 Å². The lowest BCUT2D eigenvalue weighted by molar-refractivity contribution is 0.187. The third-order valence-corrected chi connectivity index (χ3v) is 5.63. The van der Waals surface area contributed by atoms with Gasteiger partial charge in [-0.1, -0.05) is 30.3 Å². The summed E-state index contributed by atoms with van der Waals surface area (Å²) < 4.78 is 5.00. The average molecular weight is 328 g/mol. The van der Waals surface area contributed by atoms with Gasteiger partial charge in [0, 0.05) is 25.6 Å². The van der Waals surface area contributed by atoms with Gasteiger partial charge in [-0.15, -0.1) is 0 Å². The molecule has 1 saturated heterocycles. The zero-order valence-corrected chi connectivity index (χ0v) is 14.5. The van der Waals surface area contributed by atoms with Crippen LogP contribution in [0.1, 0.15) is 43.0 Å². The molecule has 2 aliphatic rings. The summed E-state index contributed by atoms with van der Waals surface area (Å²) in [5, 5.41) is 4.81. The van der Waals surface area contributed by atoms with E-state index in [1.807, 2.05) is 4.68 Å². The summed E-state index contributed by atoms with van der Waals surface area (Å²) in [5.41, 5.74) is 1.42. The van der Waals surface area contributed by atoms with Gasteiger partial charge in [-0.05, 0) is 49.9 Å². The van der Waals surface area contributed by atoms with Gasteiger partial charge in [0.25, 0.3) is 0 Å². The van der Waals surface area contributed by atoms with Crippen molar-refractivity contribution >= 4 is 12.2 Å². The Hall–Kier alpha value is -1.46. The lowest BCUT2D eigenvalue weighted by atomic mass is 10.0. The number of nitrogens with zero attached hydrogens (tertiary/aromatic N) is 4. The van der Waals surface area contributed by atoms with Gasteiger partial charge in [-0.3, -0.25) is 4.90 Å². The molecule has 23 heavy (non-hydrogen) atoms. The van der Waals surface area contributed by atoms with Crippen LogP contribution in [0.2, 0.25) is 0 Å². The van der Waals surface area contributed by atoms with Crippen LogP contribution in [0, 0.1) is 4.77 Å². The first-order valence-corrected chi connectivity index (χ1v) is 9.05. The molecule has 0 radical (unpaired) electrons. The summed E-state index contributed by atoms with van der Waals surface area (Å²) >= 11 is 5.60. The predicted octanol–water partition coefficient (Wildman–Crippen LogP) is 3.49. The molecule has 0 spiro atoms. The minimum absolute atomic E-state index is 0.602. The maximum atomic E-state index is 5.60. The summed E-state index contributed by atoms with van der Waals surface area (Å²) in [6.45, 7) is 1.98. The fraction of sp³-hybridized carbons (Fsp3) is 0.556. The van der Waals surface area contributed by atoms with Gasteiger partial charge in [0.05, 0.1) is 6.67 Å². The first-order valence-electron chi connectivity index (χ1n) is 8.64. The van der Waals surface area contributed by atoms with Crippen molar-refractivity contribution in [2.24, 2.45) is 7.05 Å². The van der Waals surface area contributed by atoms with Crippen LogP contribution >= 0.6 is 12.2 Å². The molecule has 2 heterocycles. The Morgan fingerprint density at radius 1 is 1.17 bits per heavy atom. The molecular formula is C18H24N4S. The van der Waals surface area contributed by atoms with Crippen LogP contribution in [0.25, 0.3) is 0 Å². The summed E-state index contributed by atoms with van der Waals surface area (Å²) in [4.78, 5) is 2.55. The number of hydrogen-bond donors (Lipinski definition) is 0. The third kappa shape index (κ3) is 3.12. The molecule has 0 bridgehead atoms. The van der Waals surface area contributed by atoms with Crippen LogP contribution in [0.3, 0.4) is 0 Å².